The van der Waals surface area contributed by atoms with E-state index in [0.29, 0.717) is 6.10 Å². The second kappa shape index (κ2) is 10.1. The van der Waals surface area contributed by atoms with Gasteiger partial charge in [0.15, 0.2) is 0 Å². The summed E-state index contributed by atoms with van der Waals surface area (Å²) in [4.78, 5) is 0. The standard InChI is InChI=1S/C16H27NO/c1-15(2)18-14-7-6-12-17-13-8-11-16-9-4-3-5-10-16/h3-5,9-10,15,17H,6-8,11-14H2,1-2H3. The van der Waals surface area contributed by atoms with E-state index in [9.17, 15) is 0 Å². The Morgan fingerprint density at radius 1 is 1.00 bits per heavy atom. The second-order valence-corrected chi connectivity index (χ2v) is 4.97. The van der Waals surface area contributed by atoms with Crippen molar-refractivity contribution in [3.8, 4) is 0 Å². The predicted molar refractivity (Wildman–Crippen MR) is 78.0 cm³/mol. The molecule has 0 aliphatic carbocycles. The molecule has 2 nitrogen and oxygen atoms in total. The highest BCUT2D eigenvalue weighted by molar-refractivity contribution is 5.14. The lowest BCUT2D eigenvalue weighted by molar-refractivity contribution is 0.0760. The van der Waals surface area contributed by atoms with Crippen LogP contribution in [0.5, 0.6) is 0 Å². The van der Waals surface area contributed by atoms with Gasteiger partial charge in [0, 0.05) is 6.61 Å². The third-order valence-electron chi connectivity index (χ3n) is 2.86. The summed E-state index contributed by atoms with van der Waals surface area (Å²) in [7, 11) is 0. The zero-order chi connectivity index (χ0) is 13.1. The van der Waals surface area contributed by atoms with E-state index in [1.54, 1.807) is 0 Å². The molecule has 18 heavy (non-hydrogen) atoms. The topological polar surface area (TPSA) is 21.3 Å². The molecule has 0 aliphatic heterocycles. The number of rotatable bonds is 10. The number of nitrogens with one attached hydrogen (secondary N) is 1. The maximum absolute atomic E-state index is 5.50. The number of hydrogen-bond acceptors (Lipinski definition) is 2. The molecular formula is C16H27NO. The zero-order valence-electron chi connectivity index (χ0n) is 11.8. The van der Waals surface area contributed by atoms with E-state index in [4.69, 9.17) is 4.74 Å². The average Bonchev–Trinajstić information content (AvgIpc) is 2.37. The van der Waals surface area contributed by atoms with Crippen molar-refractivity contribution in [1.82, 2.24) is 5.32 Å². The van der Waals surface area contributed by atoms with Gasteiger partial charge in [-0.2, -0.15) is 0 Å². The smallest absolute Gasteiger partial charge is 0.0518 e. The normalized spacial score (nSPS) is 11.1. The molecular weight excluding hydrogens is 222 g/mol. The molecule has 0 fully saturated rings. The van der Waals surface area contributed by atoms with Crippen LogP contribution in [0.3, 0.4) is 0 Å². The van der Waals surface area contributed by atoms with Crippen LogP contribution >= 0.6 is 0 Å². The molecule has 0 bridgehead atoms. The minimum absolute atomic E-state index is 0.365. The van der Waals surface area contributed by atoms with Crippen LogP contribution in [0.4, 0.5) is 0 Å². The predicted octanol–water partition coefficient (Wildman–Crippen LogP) is 3.41. The maximum Gasteiger partial charge on any atom is 0.0518 e. The van der Waals surface area contributed by atoms with Gasteiger partial charge >= 0.3 is 0 Å². The summed E-state index contributed by atoms with van der Waals surface area (Å²) in [5.74, 6) is 0. The fraction of sp³-hybridized carbons (Fsp3) is 0.625. The molecule has 2 heteroatoms. The van der Waals surface area contributed by atoms with E-state index in [2.05, 4.69) is 49.5 Å². The van der Waals surface area contributed by atoms with Gasteiger partial charge in [-0.25, -0.2) is 0 Å². The van der Waals surface area contributed by atoms with Crippen LogP contribution in [0, 0.1) is 0 Å². The largest absolute Gasteiger partial charge is 0.379 e. The Balaban J connectivity index is 1.84. The first kappa shape index (κ1) is 15.2. The fourth-order valence-electron chi connectivity index (χ4n) is 1.86. The monoisotopic (exact) mass is 249 g/mol. The molecule has 1 rings (SSSR count). The lowest BCUT2D eigenvalue weighted by Gasteiger charge is -2.07. The van der Waals surface area contributed by atoms with Gasteiger partial charge in [-0.1, -0.05) is 30.3 Å². The zero-order valence-corrected chi connectivity index (χ0v) is 11.8. The molecule has 1 N–H and O–H groups in total. The fourth-order valence-corrected chi connectivity index (χ4v) is 1.86. The Bertz CT molecular complexity index is 284. The number of ether oxygens (including phenoxy) is 1. The van der Waals surface area contributed by atoms with E-state index < -0.39 is 0 Å². The highest BCUT2D eigenvalue weighted by atomic mass is 16.5. The van der Waals surface area contributed by atoms with Gasteiger partial charge in [0.25, 0.3) is 0 Å². The van der Waals surface area contributed by atoms with Gasteiger partial charge in [0.05, 0.1) is 6.10 Å². The minimum atomic E-state index is 0.365. The number of unbranched alkanes of at least 4 members (excludes halogenated alkanes) is 1. The Hall–Kier alpha value is -0.860. The van der Waals surface area contributed by atoms with Gasteiger partial charge in [-0.15, -0.1) is 0 Å². The Labute approximate surface area is 112 Å². The molecule has 1 aromatic carbocycles. The number of hydrogen-bond donors (Lipinski definition) is 1. The number of benzene rings is 1. The van der Waals surface area contributed by atoms with Gasteiger partial charge < -0.3 is 10.1 Å². The highest BCUT2D eigenvalue weighted by Gasteiger charge is 1.94. The van der Waals surface area contributed by atoms with Crippen molar-refractivity contribution in [2.24, 2.45) is 0 Å². The minimum Gasteiger partial charge on any atom is -0.379 e. The molecule has 0 atom stereocenters. The summed E-state index contributed by atoms with van der Waals surface area (Å²) in [5, 5.41) is 3.49. The molecule has 0 spiro atoms. The van der Waals surface area contributed by atoms with Crippen molar-refractivity contribution < 1.29 is 4.74 Å². The first-order valence-electron chi connectivity index (χ1n) is 7.15. The van der Waals surface area contributed by atoms with Gasteiger partial charge in [-0.3, -0.25) is 0 Å². The van der Waals surface area contributed by atoms with Gasteiger partial charge in [-0.05, 0) is 58.2 Å². The first-order chi connectivity index (χ1) is 8.79. The third-order valence-corrected chi connectivity index (χ3v) is 2.86. The molecule has 0 radical (unpaired) electrons. The molecule has 0 heterocycles. The Morgan fingerprint density at radius 3 is 2.44 bits per heavy atom. The summed E-state index contributed by atoms with van der Waals surface area (Å²) in [6.07, 6.45) is 5.11. The molecule has 0 unspecified atom stereocenters. The summed E-state index contributed by atoms with van der Waals surface area (Å²) in [6.45, 7) is 7.28. The molecule has 1 aromatic rings. The molecule has 0 saturated heterocycles. The van der Waals surface area contributed by atoms with Crippen molar-refractivity contribution in [2.75, 3.05) is 19.7 Å². The summed E-state index contributed by atoms with van der Waals surface area (Å²) in [6, 6.07) is 10.7. The van der Waals surface area contributed by atoms with Crippen LogP contribution in [0.15, 0.2) is 30.3 Å². The molecule has 102 valence electrons. The Kier molecular flexibility index (Phi) is 8.53. The van der Waals surface area contributed by atoms with Crippen LogP contribution in [-0.2, 0) is 11.2 Å². The lowest BCUT2D eigenvalue weighted by Crippen LogP contribution is -2.18. The van der Waals surface area contributed by atoms with E-state index in [0.717, 1.165) is 26.1 Å². The van der Waals surface area contributed by atoms with E-state index in [-0.39, 0.29) is 0 Å². The van der Waals surface area contributed by atoms with Crippen molar-refractivity contribution in [2.45, 2.75) is 45.6 Å². The van der Waals surface area contributed by atoms with E-state index >= 15 is 0 Å². The molecule has 0 saturated carbocycles. The van der Waals surface area contributed by atoms with E-state index in [1.807, 2.05) is 0 Å². The van der Waals surface area contributed by atoms with Crippen LogP contribution < -0.4 is 5.32 Å². The van der Waals surface area contributed by atoms with E-state index in [1.165, 1.54) is 24.8 Å². The molecule has 0 aromatic heterocycles. The summed E-state index contributed by atoms with van der Waals surface area (Å²) in [5.41, 5.74) is 1.43. The lowest BCUT2D eigenvalue weighted by atomic mass is 10.1. The van der Waals surface area contributed by atoms with Gasteiger partial charge in [0.1, 0.15) is 0 Å². The average molecular weight is 249 g/mol. The van der Waals surface area contributed by atoms with Crippen molar-refractivity contribution in [1.29, 1.82) is 0 Å². The maximum atomic E-state index is 5.50. The van der Waals surface area contributed by atoms with Crippen molar-refractivity contribution in [3.05, 3.63) is 35.9 Å². The SMILES string of the molecule is CC(C)OCCCCNCCCc1ccccc1. The highest BCUT2D eigenvalue weighted by Crippen LogP contribution is 2.01. The first-order valence-corrected chi connectivity index (χ1v) is 7.15. The third kappa shape index (κ3) is 8.26. The summed E-state index contributed by atoms with van der Waals surface area (Å²) < 4.78 is 5.50. The Morgan fingerprint density at radius 2 is 1.72 bits per heavy atom. The molecule has 0 aliphatic rings. The van der Waals surface area contributed by atoms with Gasteiger partial charge in [0.2, 0.25) is 0 Å². The van der Waals surface area contributed by atoms with Crippen LogP contribution in [0.1, 0.15) is 38.7 Å². The second-order valence-electron chi connectivity index (χ2n) is 4.97. The van der Waals surface area contributed by atoms with Crippen LogP contribution in [-0.4, -0.2) is 25.8 Å². The van der Waals surface area contributed by atoms with Crippen LogP contribution in [0.2, 0.25) is 0 Å². The molecule has 0 amide bonds. The summed E-state index contributed by atoms with van der Waals surface area (Å²) >= 11 is 0. The quantitative estimate of drug-likeness (QED) is 0.642. The van der Waals surface area contributed by atoms with Crippen molar-refractivity contribution in [3.63, 3.8) is 0 Å². The number of aryl methyl sites for hydroxylation is 1. The van der Waals surface area contributed by atoms with Crippen molar-refractivity contribution >= 4 is 0 Å². The van der Waals surface area contributed by atoms with Crippen LogP contribution in [0.25, 0.3) is 0 Å².